The number of nitrogens with zero attached hydrogens (tertiary/aromatic N) is 2. The van der Waals surface area contributed by atoms with Crippen molar-refractivity contribution in [3.8, 4) is 0 Å². The van der Waals surface area contributed by atoms with E-state index in [9.17, 15) is 0 Å². The molecule has 94 valence electrons. The minimum absolute atomic E-state index is 0.312. The van der Waals surface area contributed by atoms with Crippen molar-refractivity contribution < 1.29 is 4.74 Å². The molecule has 17 heavy (non-hydrogen) atoms. The Kier molecular flexibility index (Phi) is 3.63. The van der Waals surface area contributed by atoms with Gasteiger partial charge in [-0.05, 0) is 19.8 Å². The maximum Gasteiger partial charge on any atom is 0.134 e. The standard InChI is InChI=1S/C11H18N4OS/c1-7-9(10(12)17)11(15(2)14-7)13-8-4-3-5-16-6-8/h8,13H,3-6H2,1-2H3,(H2,12,17). The number of thiocarbonyl (C=S) groups is 1. The zero-order valence-electron chi connectivity index (χ0n) is 10.2. The van der Waals surface area contributed by atoms with Gasteiger partial charge in [0.1, 0.15) is 10.8 Å². The van der Waals surface area contributed by atoms with Crippen molar-refractivity contribution in [3.05, 3.63) is 11.3 Å². The first-order valence-corrected chi connectivity index (χ1v) is 6.18. The number of aromatic nitrogens is 2. The lowest BCUT2D eigenvalue weighted by Gasteiger charge is -2.24. The molecule has 1 aliphatic heterocycles. The van der Waals surface area contributed by atoms with Crippen LogP contribution in [0.5, 0.6) is 0 Å². The van der Waals surface area contributed by atoms with Gasteiger partial charge in [0.25, 0.3) is 0 Å². The molecule has 0 amide bonds. The van der Waals surface area contributed by atoms with Crippen molar-refractivity contribution >= 4 is 23.0 Å². The number of nitrogens with two attached hydrogens (primary N) is 1. The van der Waals surface area contributed by atoms with Crippen LogP contribution in [0.1, 0.15) is 24.1 Å². The third kappa shape index (κ3) is 2.58. The molecule has 0 aromatic carbocycles. The molecule has 0 bridgehead atoms. The second kappa shape index (κ2) is 5.01. The average Bonchev–Trinajstić information content (AvgIpc) is 2.55. The van der Waals surface area contributed by atoms with Gasteiger partial charge in [-0.15, -0.1) is 0 Å². The van der Waals surface area contributed by atoms with Gasteiger partial charge in [-0.3, -0.25) is 4.68 Å². The van der Waals surface area contributed by atoms with E-state index >= 15 is 0 Å². The van der Waals surface area contributed by atoms with E-state index < -0.39 is 0 Å². The van der Waals surface area contributed by atoms with Crippen molar-refractivity contribution in [2.45, 2.75) is 25.8 Å². The molecule has 1 fully saturated rings. The van der Waals surface area contributed by atoms with Crippen LogP contribution < -0.4 is 11.1 Å². The van der Waals surface area contributed by atoms with Gasteiger partial charge in [-0.2, -0.15) is 5.10 Å². The van der Waals surface area contributed by atoms with Gasteiger partial charge in [0.15, 0.2) is 0 Å². The van der Waals surface area contributed by atoms with Crippen LogP contribution in [0.4, 0.5) is 5.82 Å². The van der Waals surface area contributed by atoms with Gasteiger partial charge < -0.3 is 15.8 Å². The molecule has 1 saturated heterocycles. The van der Waals surface area contributed by atoms with Crippen molar-refractivity contribution in [3.63, 3.8) is 0 Å². The smallest absolute Gasteiger partial charge is 0.134 e. The first kappa shape index (κ1) is 12.3. The van der Waals surface area contributed by atoms with E-state index in [-0.39, 0.29) is 0 Å². The van der Waals surface area contributed by atoms with Gasteiger partial charge in [-0.25, -0.2) is 0 Å². The predicted octanol–water partition coefficient (Wildman–Crippen LogP) is 0.954. The minimum atomic E-state index is 0.312. The molecule has 0 spiro atoms. The number of nitrogens with one attached hydrogen (secondary N) is 1. The number of hydrogen-bond acceptors (Lipinski definition) is 4. The highest BCUT2D eigenvalue weighted by Gasteiger charge is 2.20. The maximum atomic E-state index is 5.74. The summed E-state index contributed by atoms with van der Waals surface area (Å²) >= 11 is 5.07. The summed E-state index contributed by atoms with van der Waals surface area (Å²) < 4.78 is 7.24. The Hall–Kier alpha value is -1.14. The van der Waals surface area contributed by atoms with Gasteiger partial charge in [0, 0.05) is 13.7 Å². The molecule has 0 aliphatic carbocycles. The first-order valence-electron chi connectivity index (χ1n) is 5.77. The zero-order chi connectivity index (χ0) is 12.4. The molecule has 2 heterocycles. The van der Waals surface area contributed by atoms with Crippen molar-refractivity contribution in [2.24, 2.45) is 12.8 Å². The fourth-order valence-electron chi connectivity index (χ4n) is 2.17. The first-order chi connectivity index (χ1) is 8.09. The van der Waals surface area contributed by atoms with E-state index in [1.807, 2.05) is 14.0 Å². The van der Waals surface area contributed by atoms with E-state index in [1.54, 1.807) is 4.68 Å². The summed E-state index contributed by atoms with van der Waals surface area (Å²) in [5.41, 5.74) is 7.44. The molecule has 1 atom stereocenters. The van der Waals surface area contributed by atoms with E-state index in [0.717, 1.165) is 43.1 Å². The van der Waals surface area contributed by atoms with E-state index in [0.29, 0.717) is 11.0 Å². The summed E-state index contributed by atoms with van der Waals surface area (Å²) in [7, 11) is 1.89. The Bertz CT molecular complexity index is 423. The Morgan fingerprint density at radius 3 is 3.00 bits per heavy atom. The SMILES string of the molecule is Cc1nn(C)c(NC2CCCOC2)c1C(N)=S. The lowest BCUT2D eigenvalue weighted by Crippen LogP contribution is -2.31. The summed E-state index contributed by atoms with van der Waals surface area (Å²) in [6.45, 7) is 3.49. The van der Waals surface area contributed by atoms with Crippen LogP contribution in [-0.2, 0) is 11.8 Å². The van der Waals surface area contributed by atoms with Gasteiger partial charge in [0.05, 0.1) is 23.9 Å². The van der Waals surface area contributed by atoms with Crippen LogP contribution in [0.25, 0.3) is 0 Å². The van der Waals surface area contributed by atoms with Crippen LogP contribution >= 0.6 is 12.2 Å². The van der Waals surface area contributed by atoms with Crippen LogP contribution in [0.3, 0.4) is 0 Å². The summed E-state index contributed by atoms with van der Waals surface area (Å²) in [6.07, 6.45) is 2.18. The summed E-state index contributed by atoms with van der Waals surface area (Å²) in [6, 6.07) is 0.312. The summed E-state index contributed by atoms with van der Waals surface area (Å²) in [5, 5.41) is 7.77. The maximum absolute atomic E-state index is 5.74. The lowest BCUT2D eigenvalue weighted by molar-refractivity contribution is 0.0874. The molecule has 0 radical (unpaired) electrons. The highest BCUT2D eigenvalue weighted by molar-refractivity contribution is 7.80. The predicted molar refractivity (Wildman–Crippen MR) is 71.3 cm³/mol. The minimum Gasteiger partial charge on any atom is -0.389 e. The lowest BCUT2D eigenvalue weighted by atomic mass is 10.1. The molecular weight excluding hydrogens is 236 g/mol. The number of aryl methyl sites for hydroxylation is 2. The fourth-order valence-corrected chi connectivity index (χ4v) is 2.41. The Morgan fingerprint density at radius 1 is 1.65 bits per heavy atom. The highest BCUT2D eigenvalue weighted by atomic mass is 32.1. The molecule has 6 heteroatoms. The second-order valence-corrected chi connectivity index (χ2v) is 4.80. The molecular formula is C11H18N4OS. The molecule has 1 aromatic rings. The van der Waals surface area contributed by atoms with Crippen LogP contribution in [-0.4, -0.2) is 34.0 Å². The molecule has 1 aliphatic rings. The van der Waals surface area contributed by atoms with Crippen LogP contribution in [0.15, 0.2) is 0 Å². The van der Waals surface area contributed by atoms with Crippen molar-refractivity contribution in [1.82, 2.24) is 9.78 Å². The van der Waals surface area contributed by atoms with Gasteiger partial charge in [0.2, 0.25) is 0 Å². The van der Waals surface area contributed by atoms with E-state index in [2.05, 4.69) is 10.4 Å². The number of anilines is 1. The average molecular weight is 254 g/mol. The summed E-state index contributed by atoms with van der Waals surface area (Å²) in [4.78, 5) is 0.384. The van der Waals surface area contributed by atoms with Gasteiger partial charge >= 0.3 is 0 Å². The molecule has 0 saturated carbocycles. The van der Waals surface area contributed by atoms with Crippen LogP contribution in [0, 0.1) is 6.92 Å². The largest absolute Gasteiger partial charge is 0.389 e. The number of rotatable bonds is 3. The third-order valence-corrected chi connectivity index (χ3v) is 3.17. The number of hydrogen-bond donors (Lipinski definition) is 2. The fraction of sp³-hybridized carbons (Fsp3) is 0.636. The van der Waals surface area contributed by atoms with E-state index in [4.69, 9.17) is 22.7 Å². The Labute approximate surface area is 106 Å². The van der Waals surface area contributed by atoms with E-state index in [1.165, 1.54) is 0 Å². The third-order valence-electron chi connectivity index (χ3n) is 2.97. The summed E-state index contributed by atoms with van der Waals surface area (Å²) in [5.74, 6) is 0.894. The molecule has 5 nitrogen and oxygen atoms in total. The quantitative estimate of drug-likeness (QED) is 0.786. The highest BCUT2D eigenvalue weighted by Crippen LogP contribution is 2.21. The Balaban J connectivity index is 2.21. The second-order valence-electron chi connectivity index (χ2n) is 4.36. The molecule has 1 aromatic heterocycles. The van der Waals surface area contributed by atoms with Crippen LogP contribution in [0.2, 0.25) is 0 Å². The van der Waals surface area contributed by atoms with Gasteiger partial charge in [-0.1, -0.05) is 12.2 Å². The molecule has 3 N–H and O–H groups in total. The van der Waals surface area contributed by atoms with Crippen molar-refractivity contribution in [1.29, 1.82) is 0 Å². The zero-order valence-corrected chi connectivity index (χ0v) is 11.0. The number of ether oxygens (including phenoxy) is 1. The van der Waals surface area contributed by atoms with Crippen molar-refractivity contribution in [2.75, 3.05) is 18.5 Å². The molecule has 2 rings (SSSR count). The topological polar surface area (TPSA) is 65.1 Å². The Morgan fingerprint density at radius 2 is 2.41 bits per heavy atom. The normalized spacial score (nSPS) is 20.2. The molecule has 1 unspecified atom stereocenters. The monoisotopic (exact) mass is 254 g/mol.